The molecular weight excluding hydrogens is 408 g/mol. The minimum Gasteiger partial charge on any atom is -0.368 e. The van der Waals surface area contributed by atoms with Crippen LogP contribution in [0, 0.1) is 11.6 Å². The van der Waals surface area contributed by atoms with Crippen molar-refractivity contribution in [1.82, 2.24) is 4.98 Å². The molecule has 1 unspecified atom stereocenters. The molecule has 30 heavy (non-hydrogen) atoms. The molecular formula is C23H16ClF2N3O. The Morgan fingerprint density at radius 3 is 2.47 bits per heavy atom. The number of carbonyl (C=O) groups excluding carboxylic acids is 1. The van der Waals surface area contributed by atoms with Gasteiger partial charge in [0.1, 0.15) is 6.04 Å². The largest absolute Gasteiger partial charge is 0.368 e. The van der Waals surface area contributed by atoms with E-state index in [0.717, 1.165) is 16.8 Å². The van der Waals surface area contributed by atoms with E-state index in [4.69, 9.17) is 11.6 Å². The number of nitrogens with zero attached hydrogens (tertiary/aromatic N) is 1. The van der Waals surface area contributed by atoms with Crippen molar-refractivity contribution in [3.8, 4) is 0 Å². The van der Waals surface area contributed by atoms with Crippen molar-refractivity contribution in [2.24, 2.45) is 0 Å². The first kappa shape index (κ1) is 19.8. The van der Waals surface area contributed by atoms with Crippen molar-refractivity contribution in [3.63, 3.8) is 0 Å². The van der Waals surface area contributed by atoms with Crippen molar-refractivity contribution in [2.45, 2.75) is 6.04 Å². The molecule has 1 atom stereocenters. The highest BCUT2D eigenvalue weighted by atomic mass is 35.5. The van der Waals surface area contributed by atoms with Crippen LogP contribution in [0.25, 0.3) is 10.8 Å². The van der Waals surface area contributed by atoms with Gasteiger partial charge in [0.25, 0.3) is 5.91 Å². The summed E-state index contributed by atoms with van der Waals surface area (Å²) in [5.74, 6) is -2.50. The standard InChI is InChI=1S/C23H16ClF2N3O/c24-16-9-7-14(8-10-16)22(28-20-6-2-4-18(25)21(20)26)23(30)29-19-5-1-3-15-13-27-12-11-17(15)19/h1-13,22,28H,(H,29,30). The number of amides is 1. The highest BCUT2D eigenvalue weighted by Gasteiger charge is 2.23. The fourth-order valence-electron chi connectivity index (χ4n) is 3.16. The molecule has 0 aliphatic carbocycles. The summed E-state index contributed by atoms with van der Waals surface area (Å²) in [5.41, 5.74) is 1.01. The van der Waals surface area contributed by atoms with Crippen molar-refractivity contribution < 1.29 is 13.6 Å². The third kappa shape index (κ3) is 4.09. The Morgan fingerprint density at radius 2 is 1.67 bits per heavy atom. The van der Waals surface area contributed by atoms with Crippen LogP contribution < -0.4 is 10.6 Å². The second kappa shape index (κ2) is 8.47. The van der Waals surface area contributed by atoms with Gasteiger partial charge in [-0.15, -0.1) is 0 Å². The van der Waals surface area contributed by atoms with E-state index in [-0.39, 0.29) is 5.69 Å². The first-order chi connectivity index (χ1) is 14.5. The van der Waals surface area contributed by atoms with Crippen LogP contribution >= 0.6 is 11.6 Å². The molecule has 0 spiro atoms. The molecule has 0 aliphatic rings. The van der Waals surface area contributed by atoms with Crippen LogP contribution in [0.4, 0.5) is 20.2 Å². The number of anilines is 2. The number of halogens is 3. The SMILES string of the molecule is O=C(Nc1cccc2cnccc12)C(Nc1cccc(F)c1F)c1ccc(Cl)cc1. The summed E-state index contributed by atoms with van der Waals surface area (Å²) in [7, 11) is 0. The van der Waals surface area contributed by atoms with Crippen LogP contribution in [0.3, 0.4) is 0 Å². The predicted octanol–water partition coefficient (Wildman–Crippen LogP) is 5.96. The minimum absolute atomic E-state index is 0.118. The summed E-state index contributed by atoms with van der Waals surface area (Å²) < 4.78 is 27.9. The molecule has 1 aromatic heterocycles. The Kier molecular flexibility index (Phi) is 5.59. The topological polar surface area (TPSA) is 54.0 Å². The van der Waals surface area contributed by atoms with Gasteiger partial charge >= 0.3 is 0 Å². The highest BCUT2D eigenvalue weighted by Crippen LogP contribution is 2.28. The van der Waals surface area contributed by atoms with E-state index in [9.17, 15) is 13.6 Å². The van der Waals surface area contributed by atoms with Crippen molar-refractivity contribution >= 4 is 39.7 Å². The van der Waals surface area contributed by atoms with Gasteiger partial charge in [0.2, 0.25) is 0 Å². The molecule has 4 nitrogen and oxygen atoms in total. The number of fused-ring (bicyclic) bond motifs is 1. The number of benzene rings is 3. The minimum atomic E-state index is -1.06. The molecule has 1 amide bonds. The van der Waals surface area contributed by atoms with E-state index in [2.05, 4.69) is 15.6 Å². The number of hydrogen-bond acceptors (Lipinski definition) is 3. The zero-order chi connectivity index (χ0) is 21.1. The molecule has 0 bridgehead atoms. The average Bonchev–Trinajstić information content (AvgIpc) is 2.76. The molecule has 0 saturated carbocycles. The Bertz CT molecular complexity index is 1210. The highest BCUT2D eigenvalue weighted by molar-refractivity contribution is 6.30. The van der Waals surface area contributed by atoms with Gasteiger partial charge in [-0.1, -0.05) is 41.9 Å². The summed E-state index contributed by atoms with van der Waals surface area (Å²) in [6.45, 7) is 0. The van der Waals surface area contributed by atoms with Crippen LogP contribution in [0.1, 0.15) is 11.6 Å². The normalized spacial score (nSPS) is 11.8. The van der Waals surface area contributed by atoms with Crippen molar-refractivity contribution in [3.05, 3.63) is 101 Å². The average molecular weight is 424 g/mol. The van der Waals surface area contributed by atoms with E-state index in [1.54, 1.807) is 54.9 Å². The number of rotatable bonds is 5. The number of carbonyl (C=O) groups is 1. The third-order valence-corrected chi connectivity index (χ3v) is 4.91. The van der Waals surface area contributed by atoms with Crippen molar-refractivity contribution in [2.75, 3.05) is 10.6 Å². The van der Waals surface area contributed by atoms with Crippen molar-refractivity contribution in [1.29, 1.82) is 0 Å². The summed E-state index contributed by atoms with van der Waals surface area (Å²) in [6, 6.07) is 16.6. The molecule has 2 N–H and O–H groups in total. The van der Waals surface area contributed by atoms with Gasteiger partial charge in [0, 0.05) is 33.9 Å². The monoisotopic (exact) mass is 423 g/mol. The molecule has 1 heterocycles. The number of nitrogens with one attached hydrogen (secondary N) is 2. The first-order valence-electron chi connectivity index (χ1n) is 9.12. The molecule has 3 aromatic carbocycles. The van der Waals surface area contributed by atoms with E-state index in [1.807, 2.05) is 6.07 Å². The summed E-state index contributed by atoms with van der Waals surface area (Å²) in [4.78, 5) is 17.3. The summed E-state index contributed by atoms with van der Waals surface area (Å²) in [5, 5.41) is 7.86. The number of hydrogen-bond donors (Lipinski definition) is 2. The lowest BCUT2D eigenvalue weighted by Gasteiger charge is -2.21. The quantitative estimate of drug-likeness (QED) is 0.416. The predicted molar refractivity (Wildman–Crippen MR) is 115 cm³/mol. The molecule has 0 radical (unpaired) electrons. The van der Waals surface area contributed by atoms with E-state index >= 15 is 0 Å². The fourth-order valence-corrected chi connectivity index (χ4v) is 3.29. The molecule has 7 heteroatoms. The number of aromatic nitrogens is 1. The molecule has 0 fully saturated rings. The van der Waals surface area contributed by atoms with Gasteiger partial charge in [-0.25, -0.2) is 8.78 Å². The molecule has 150 valence electrons. The molecule has 0 aliphatic heterocycles. The van der Waals surface area contributed by atoms with Crippen LogP contribution in [0.15, 0.2) is 79.1 Å². The third-order valence-electron chi connectivity index (χ3n) is 4.66. The molecule has 0 saturated heterocycles. The lowest BCUT2D eigenvalue weighted by Crippen LogP contribution is -2.27. The number of pyridine rings is 1. The fraction of sp³-hybridized carbons (Fsp3) is 0.0435. The van der Waals surface area contributed by atoms with Gasteiger partial charge in [-0.05, 0) is 42.0 Å². The maximum Gasteiger partial charge on any atom is 0.251 e. The second-order valence-electron chi connectivity index (χ2n) is 6.62. The Balaban J connectivity index is 1.70. The smallest absolute Gasteiger partial charge is 0.251 e. The van der Waals surface area contributed by atoms with Crippen LogP contribution in [-0.2, 0) is 4.79 Å². The van der Waals surface area contributed by atoms with E-state index in [0.29, 0.717) is 16.3 Å². The Morgan fingerprint density at radius 1 is 0.933 bits per heavy atom. The zero-order valence-electron chi connectivity index (χ0n) is 15.6. The Labute approximate surface area is 176 Å². The van der Waals surface area contributed by atoms with Gasteiger partial charge < -0.3 is 10.6 Å². The Hall–Kier alpha value is -3.51. The first-order valence-corrected chi connectivity index (χ1v) is 9.50. The van der Waals surface area contributed by atoms with Gasteiger partial charge in [0.15, 0.2) is 11.6 Å². The van der Waals surface area contributed by atoms with E-state index < -0.39 is 23.6 Å². The van der Waals surface area contributed by atoms with Crippen LogP contribution in [0.5, 0.6) is 0 Å². The second-order valence-corrected chi connectivity index (χ2v) is 7.06. The van der Waals surface area contributed by atoms with Gasteiger partial charge in [-0.3, -0.25) is 9.78 Å². The maximum absolute atomic E-state index is 14.2. The maximum atomic E-state index is 14.2. The van der Waals surface area contributed by atoms with Crippen LogP contribution in [0.2, 0.25) is 5.02 Å². The lowest BCUT2D eigenvalue weighted by molar-refractivity contribution is -0.117. The molecule has 4 aromatic rings. The van der Waals surface area contributed by atoms with Crippen LogP contribution in [-0.4, -0.2) is 10.9 Å². The zero-order valence-corrected chi connectivity index (χ0v) is 16.3. The lowest BCUT2D eigenvalue weighted by atomic mass is 10.0. The van der Waals surface area contributed by atoms with Gasteiger partial charge in [0.05, 0.1) is 5.69 Å². The summed E-state index contributed by atoms with van der Waals surface area (Å²) in [6.07, 6.45) is 3.33. The van der Waals surface area contributed by atoms with Gasteiger partial charge in [-0.2, -0.15) is 0 Å². The van der Waals surface area contributed by atoms with E-state index in [1.165, 1.54) is 12.1 Å². The molecule has 4 rings (SSSR count). The summed E-state index contributed by atoms with van der Waals surface area (Å²) >= 11 is 5.96.